The zero-order chi connectivity index (χ0) is 12.8. The average molecular weight is 248 g/mol. The Morgan fingerprint density at radius 2 is 2.44 bits per heavy atom. The smallest absolute Gasteiger partial charge is 0.0512 e. The molecule has 3 heteroatoms. The normalized spacial score (nSPS) is 21.8. The van der Waals surface area contributed by atoms with Gasteiger partial charge < -0.3 is 10.1 Å². The first-order valence-corrected chi connectivity index (χ1v) is 7.05. The molecule has 3 nitrogen and oxygen atoms in total. The molecule has 0 saturated carbocycles. The van der Waals surface area contributed by atoms with Crippen molar-refractivity contribution in [2.75, 3.05) is 19.8 Å². The van der Waals surface area contributed by atoms with Crippen molar-refractivity contribution in [2.24, 2.45) is 5.92 Å². The van der Waals surface area contributed by atoms with Crippen LogP contribution in [0.1, 0.15) is 43.5 Å². The molecule has 0 amide bonds. The second-order valence-corrected chi connectivity index (χ2v) is 5.14. The van der Waals surface area contributed by atoms with Crippen LogP contribution in [0.3, 0.4) is 0 Å². The quantitative estimate of drug-likeness (QED) is 0.870. The van der Waals surface area contributed by atoms with Gasteiger partial charge >= 0.3 is 0 Å². The van der Waals surface area contributed by atoms with E-state index in [-0.39, 0.29) is 0 Å². The SMILES string of the molecule is CCCNC(c1ccnc(C)c1)C1CCCOC1. The van der Waals surface area contributed by atoms with E-state index in [1.165, 1.54) is 18.4 Å². The van der Waals surface area contributed by atoms with Crippen molar-refractivity contribution in [1.82, 2.24) is 10.3 Å². The van der Waals surface area contributed by atoms with Gasteiger partial charge in [-0.15, -0.1) is 0 Å². The Labute approximate surface area is 110 Å². The van der Waals surface area contributed by atoms with Gasteiger partial charge in [0.1, 0.15) is 0 Å². The van der Waals surface area contributed by atoms with Crippen LogP contribution in [0.25, 0.3) is 0 Å². The topological polar surface area (TPSA) is 34.2 Å². The molecule has 1 aliphatic heterocycles. The van der Waals surface area contributed by atoms with Gasteiger partial charge in [-0.1, -0.05) is 6.92 Å². The number of nitrogens with one attached hydrogen (secondary N) is 1. The lowest BCUT2D eigenvalue weighted by Crippen LogP contribution is -2.34. The Hall–Kier alpha value is -0.930. The minimum Gasteiger partial charge on any atom is -0.381 e. The summed E-state index contributed by atoms with van der Waals surface area (Å²) in [5.74, 6) is 0.590. The number of hydrogen-bond acceptors (Lipinski definition) is 3. The van der Waals surface area contributed by atoms with Crippen molar-refractivity contribution in [1.29, 1.82) is 0 Å². The minimum absolute atomic E-state index is 0.409. The van der Waals surface area contributed by atoms with Crippen LogP contribution in [0, 0.1) is 12.8 Å². The fourth-order valence-electron chi connectivity index (χ4n) is 2.65. The fraction of sp³-hybridized carbons (Fsp3) is 0.667. The molecule has 1 aromatic heterocycles. The average Bonchev–Trinajstić information content (AvgIpc) is 2.40. The number of aryl methyl sites for hydroxylation is 1. The highest BCUT2D eigenvalue weighted by Crippen LogP contribution is 2.28. The molecule has 1 aromatic rings. The predicted molar refractivity (Wildman–Crippen MR) is 73.6 cm³/mol. The third-order valence-electron chi connectivity index (χ3n) is 3.56. The van der Waals surface area contributed by atoms with Crippen LogP contribution in [0.5, 0.6) is 0 Å². The van der Waals surface area contributed by atoms with Gasteiger partial charge in [0.05, 0.1) is 6.61 Å². The van der Waals surface area contributed by atoms with Crippen LogP contribution in [-0.2, 0) is 4.74 Å². The van der Waals surface area contributed by atoms with Crippen molar-refractivity contribution >= 4 is 0 Å². The van der Waals surface area contributed by atoms with E-state index < -0.39 is 0 Å². The zero-order valence-electron chi connectivity index (χ0n) is 11.5. The molecule has 100 valence electrons. The van der Waals surface area contributed by atoms with Crippen LogP contribution >= 0.6 is 0 Å². The summed E-state index contributed by atoms with van der Waals surface area (Å²) in [7, 11) is 0. The molecule has 1 aliphatic rings. The number of aromatic nitrogens is 1. The molecule has 2 unspecified atom stereocenters. The molecule has 2 rings (SSSR count). The second kappa shape index (κ2) is 6.86. The first-order chi connectivity index (χ1) is 8.81. The molecule has 1 saturated heterocycles. The highest BCUT2D eigenvalue weighted by molar-refractivity contribution is 5.20. The molecule has 0 spiro atoms. The Bertz CT molecular complexity index is 361. The Morgan fingerprint density at radius 1 is 1.56 bits per heavy atom. The Kier molecular flexibility index (Phi) is 5.14. The molecular formula is C15H24N2O. The van der Waals surface area contributed by atoms with E-state index in [4.69, 9.17) is 4.74 Å². The maximum absolute atomic E-state index is 5.64. The van der Waals surface area contributed by atoms with Crippen LogP contribution in [0.2, 0.25) is 0 Å². The van der Waals surface area contributed by atoms with Gasteiger partial charge in [-0.25, -0.2) is 0 Å². The number of nitrogens with zero attached hydrogens (tertiary/aromatic N) is 1. The third kappa shape index (κ3) is 3.53. The number of pyridine rings is 1. The lowest BCUT2D eigenvalue weighted by molar-refractivity contribution is 0.0390. The molecule has 2 heterocycles. The van der Waals surface area contributed by atoms with Gasteiger partial charge in [-0.3, -0.25) is 4.98 Å². The maximum atomic E-state index is 5.64. The summed E-state index contributed by atoms with van der Waals surface area (Å²) in [5, 5.41) is 3.67. The van der Waals surface area contributed by atoms with Crippen LogP contribution in [-0.4, -0.2) is 24.7 Å². The van der Waals surface area contributed by atoms with Gasteiger partial charge in [0.25, 0.3) is 0 Å². The minimum atomic E-state index is 0.409. The maximum Gasteiger partial charge on any atom is 0.0512 e. The summed E-state index contributed by atoms with van der Waals surface area (Å²) in [5.41, 5.74) is 2.44. The molecule has 0 aromatic carbocycles. The van der Waals surface area contributed by atoms with Crippen molar-refractivity contribution in [3.05, 3.63) is 29.6 Å². The van der Waals surface area contributed by atoms with E-state index in [1.54, 1.807) is 0 Å². The monoisotopic (exact) mass is 248 g/mol. The van der Waals surface area contributed by atoms with E-state index in [9.17, 15) is 0 Å². The van der Waals surface area contributed by atoms with Crippen molar-refractivity contribution in [3.63, 3.8) is 0 Å². The van der Waals surface area contributed by atoms with E-state index in [0.717, 1.165) is 31.9 Å². The van der Waals surface area contributed by atoms with Gasteiger partial charge in [0.2, 0.25) is 0 Å². The van der Waals surface area contributed by atoms with E-state index in [2.05, 4.69) is 36.3 Å². The van der Waals surface area contributed by atoms with Gasteiger partial charge in [0.15, 0.2) is 0 Å². The molecule has 2 atom stereocenters. The Balaban J connectivity index is 2.12. The van der Waals surface area contributed by atoms with Gasteiger partial charge in [-0.2, -0.15) is 0 Å². The summed E-state index contributed by atoms with van der Waals surface area (Å²) in [4.78, 5) is 4.29. The van der Waals surface area contributed by atoms with Crippen LogP contribution < -0.4 is 5.32 Å². The first kappa shape index (κ1) is 13.5. The summed E-state index contributed by atoms with van der Waals surface area (Å²) in [6.45, 7) is 7.12. The zero-order valence-corrected chi connectivity index (χ0v) is 11.5. The van der Waals surface area contributed by atoms with E-state index >= 15 is 0 Å². The standard InChI is InChI=1S/C15H24N2O/c1-3-7-17-15(14-5-4-9-18-11-14)13-6-8-16-12(2)10-13/h6,8,10,14-15,17H,3-5,7,9,11H2,1-2H3. The lowest BCUT2D eigenvalue weighted by Gasteiger charge is -2.31. The van der Waals surface area contributed by atoms with E-state index in [1.807, 2.05) is 6.20 Å². The molecule has 1 fully saturated rings. The lowest BCUT2D eigenvalue weighted by atomic mass is 9.88. The molecule has 0 radical (unpaired) electrons. The number of ether oxygens (including phenoxy) is 1. The van der Waals surface area contributed by atoms with Crippen molar-refractivity contribution in [2.45, 2.75) is 39.2 Å². The largest absolute Gasteiger partial charge is 0.381 e. The van der Waals surface area contributed by atoms with Gasteiger partial charge in [0, 0.05) is 30.5 Å². The summed E-state index contributed by atoms with van der Waals surface area (Å²) in [6, 6.07) is 4.74. The highest BCUT2D eigenvalue weighted by atomic mass is 16.5. The van der Waals surface area contributed by atoms with E-state index in [0.29, 0.717) is 12.0 Å². The highest BCUT2D eigenvalue weighted by Gasteiger charge is 2.25. The van der Waals surface area contributed by atoms with Crippen molar-refractivity contribution in [3.8, 4) is 0 Å². The van der Waals surface area contributed by atoms with Crippen LogP contribution in [0.4, 0.5) is 0 Å². The Morgan fingerprint density at radius 3 is 3.11 bits per heavy atom. The molecular weight excluding hydrogens is 224 g/mol. The molecule has 0 bridgehead atoms. The molecule has 1 N–H and O–H groups in total. The third-order valence-corrected chi connectivity index (χ3v) is 3.56. The number of rotatable bonds is 5. The number of hydrogen-bond donors (Lipinski definition) is 1. The summed E-state index contributed by atoms with van der Waals surface area (Å²) < 4.78 is 5.64. The summed E-state index contributed by atoms with van der Waals surface area (Å²) >= 11 is 0. The first-order valence-electron chi connectivity index (χ1n) is 7.05. The summed E-state index contributed by atoms with van der Waals surface area (Å²) in [6.07, 6.45) is 5.50. The van der Waals surface area contributed by atoms with Crippen molar-refractivity contribution < 1.29 is 4.74 Å². The molecule has 18 heavy (non-hydrogen) atoms. The second-order valence-electron chi connectivity index (χ2n) is 5.14. The van der Waals surface area contributed by atoms with Crippen LogP contribution in [0.15, 0.2) is 18.3 Å². The van der Waals surface area contributed by atoms with Gasteiger partial charge in [-0.05, 0) is 50.4 Å². The predicted octanol–water partition coefficient (Wildman–Crippen LogP) is 2.86. The molecule has 0 aliphatic carbocycles. The fourth-order valence-corrected chi connectivity index (χ4v) is 2.65.